The summed E-state index contributed by atoms with van der Waals surface area (Å²) < 4.78 is 4.88. The lowest BCUT2D eigenvalue weighted by molar-refractivity contribution is -0.116. The zero-order chi connectivity index (χ0) is 13.0. The van der Waals surface area contributed by atoms with Crippen LogP contribution in [0.3, 0.4) is 0 Å². The first kappa shape index (κ1) is 12.6. The second kappa shape index (κ2) is 5.63. The molecule has 0 amide bonds. The zero-order valence-electron chi connectivity index (χ0n) is 9.67. The molecule has 2 rings (SSSR count). The van der Waals surface area contributed by atoms with Gasteiger partial charge in [0.15, 0.2) is 5.16 Å². The molecule has 0 aliphatic heterocycles. The standard InChI is InChI=1S/C11H11N3O3S/c1-7-4-8(14-17-7)5-9(15)6-18-11-12-3-2-10(16)13-11/h2-4H,5-6H2,1H3,(H,12,13,16). The molecule has 2 aromatic heterocycles. The third kappa shape index (κ3) is 3.56. The van der Waals surface area contributed by atoms with Crippen LogP contribution in [0.4, 0.5) is 0 Å². The summed E-state index contributed by atoms with van der Waals surface area (Å²) in [5.41, 5.74) is 0.389. The van der Waals surface area contributed by atoms with Crippen molar-refractivity contribution in [3.05, 3.63) is 40.1 Å². The average Bonchev–Trinajstić information content (AvgIpc) is 2.72. The predicted octanol–water partition coefficient (Wildman–Crippen LogP) is 0.970. The van der Waals surface area contributed by atoms with E-state index in [1.54, 1.807) is 13.0 Å². The van der Waals surface area contributed by atoms with Crippen molar-refractivity contribution in [2.75, 3.05) is 5.75 Å². The normalized spacial score (nSPS) is 10.5. The summed E-state index contributed by atoms with van der Waals surface area (Å²) in [5, 5.41) is 4.18. The Hall–Kier alpha value is -1.89. The van der Waals surface area contributed by atoms with Gasteiger partial charge in [-0.1, -0.05) is 16.9 Å². The van der Waals surface area contributed by atoms with E-state index in [9.17, 15) is 9.59 Å². The number of hydrogen-bond donors (Lipinski definition) is 1. The molecule has 94 valence electrons. The Balaban J connectivity index is 1.87. The molecule has 7 heteroatoms. The van der Waals surface area contributed by atoms with Crippen molar-refractivity contribution in [2.45, 2.75) is 18.5 Å². The molecule has 6 nitrogen and oxygen atoms in total. The number of nitrogens with one attached hydrogen (secondary N) is 1. The number of hydrogen-bond acceptors (Lipinski definition) is 6. The predicted molar refractivity (Wildman–Crippen MR) is 65.5 cm³/mol. The Kier molecular flexibility index (Phi) is 3.93. The molecule has 0 saturated carbocycles. The van der Waals surface area contributed by atoms with Crippen molar-refractivity contribution in [3.63, 3.8) is 0 Å². The van der Waals surface area contributed by atoms with Crippen molar-refractivity contribution >= 4 is 17.5 Å². The highest BCUT2D eigenvalue weighted by atomic mass is 32.2. The van der Waals surface area contributed by atoms with Crippen LogP contribution >= 0.6 is 11.8 Å². The van der Waals surface area contributed by atoms with E-state index in [1.807, 2.05) is 0 Å². The van der Waals surface area contributed by atoms with Crippen LogP contribution in [0.1, 0.15) is 11.5 Å². The summed E-state index contributed by atoms with van der Waals surface area (Å²) in [4.78, 5) is 29.2. The summed E-state index contributed by atoms with van der Waals surface area (Å²) in [6.07, 6.45) is 1.63. The highest BCUT2D eigenvalue weighted by Crippen LogP contribution is 2.11. The van der Waals surface area contributed by atoms with Crippen molar-refractivity contribution in [1.29, 1.82) is 0 Å². The van der Waals surface area contributed by atoms with E-state index in [4.69, 9.17) is 4.52 Å². The minimum absolute atomic E-state index is 0.000183. The largest absolute Gasteiger partial charge is 0.361 e. The van der Waals surface area contributed by atoms with Gasteiger partial charge in [0.25, 0.3) is 5.56 Å². The molecule has 0 aliphatic rings. The summed E-state index contributed by atoms with van der Waals surface area (Å²) in [7, 11) is 0. The Labute approximate surface area is 107 Å². The third-order valence-electron chi connectivity index (χ3n) is 2.07. The molecule has 2 heterocycles. The van der Waals surface area contributed by atoms with Gasteiger partial charge in [0.2, 0.25) is 0 Å². The van der Waals surface area contributed by atoms with Gasteiger partial charge in [-0.15, -0.1) is 0 Å². The molecular weight excluding hydrogens is 254 g/mol. The summed E-state index contributed by atoms with van der Waals surface area (Å²) in [5.74, 6) is 0.915. The highest BCUT2D eigenvalue weighted by molar-refractivity contribution is 7.99. The Morgan fingerprint density at radius 3 is 3.06 bits per heavy atom. The Morgan fingerprint density at radius 1 is 1.56 bits per heavy atom. The molecule has 0 spiro atoms. The van der Waals surface area contributed by atoms with Gasteiger partial charge in [0.1, 0.15) is 11.5 Å². The first-order valence-corrected chi connectivity index (χ1v) is 6.24. The number of H-pyrrole nitrogens is 1. The van der Waals surface area contributed by atoms with Gasteiger partial charge < -0.3 is 9.51 Å². The second-order valence-corrected chi connectivity index (χ2v) is 4.64. The molecule has 0 aliphatic carbocycles. The number of aromatic amines is 1. The monoisotopic (exact) mass is 265 g/mol. The van der Waals surface area contributed by atoms with Gasteiger partial charge in [0.05, 0.1) is 17.9 Å². The molecule has 0 atom stereocenters. The maximum absolute atomic E-state index is 11.7. The molecule has 0 bridgehead atoms. The SMILES string of the molecule is Cc1cc(CC(=O)CSc2nccc(=O)[nH]2)no1. The third-order valence-corrected chi connectivity index (χ3v) is 3.02. The maximum atomic E-state index is 11.7. The summed E-state index contributed by atoms with van der Waals surface area (Å²) in [6, 6.07) is 3.05. The van der Waals surface area contributed by atoms with E-state index >= 15 is 0 Å². The molecular formula is C11H11N3O3S. The van der Waals surface area contributed by atoms with Crippen molar-refractivity contribution in [2.24, 2.45) is 0 Å². The Morgan fingerprint density at radius 2 is 2.39 bits per heavy atom. The molecule has 0 unspecified atom stereocenters. The van der Waals surface area contributed by atoms with Crippen molar-refractivity contribution in [1.82, 2.24) is 15.1 Å². The highest BCUT2D eigenvalue weighted by Gasteiger charge is 2.09. The number of Topliss-reactive ketones (excluding diaryl/α,β-unsaturated/α-hetero) is 1. The fraction of sp³-hybridized carbons (Fsp3) is 0.273. The topological polar surface area (TPSA) is 88.9 Å². The quantitative estimate of drug-likeness (QED) is 0.640. The molecule has 1 N–H and O–H groups in total. The number of nitrogens with zero attached hydrogens (tertiary/aromatic N) is 2. The van der Waals surface area contributed by atoms with Crippen LogP contribution in [0.5, 0.6) is 0 Å². The first-order valence-electron chi connectivity index (χ1n) is 5.25. The first-order chi connectivity index (χ1) is 8.63. The molecule has 0 aromatic carbocycles. The van der Waals surface area contributed by atoms with E-state index in [2.05, 4.69) is 15.1 Å². The van der Waals surface area contributed by atoms with Crippen molar-refractivity contribution in [3.8, 4) is 0 Å². The maximum Gasteiger partial charge on any atom is 0.251 e. The van der Waals surface area contributed by atoms with Gasteiger partial charge in [-0.3, -0.25) is 9.59 Å². The van der Waals surface area contributed by atoms with Crippen molar-refractivity contribution < 1.29 is 9.32 Å². The number of carbonyl (C=O) groups is 1. The second-order valence-electron chi connectivity index (χ2n) is 3.67. The molecule has 0 fully saturated rings. The lowest BCUT2D eigenvalue weighted by atomic mass is 10.2. The lowest BCUT2D eigenvalue weighted by Gasteiger charge is -1.98. The lowest BCUT2D eigenvalue weighted by Crippen LogP contribution is -2.09. The van der Waals surface area contributed by atoms with Gasteiger partial charge >= 0.3 is 0 Å². The minimum atomic E-state index is -0.230. The van der Waals surface area contributed by atoms with Crippen LogP contribution in [-0.2, 0) is 11.2 Å². The van der Waals surface area contributed by atoms with E-state index < -0.39 is 0 Å². The number of ketones is 1. The summed E-state index contributed by atoms with van der Waals surface area (Å²) >= 11 is 1.19. The zero-order valence-corrected chi connectivity index (χ0v) is 10.5. The smallest absolute Gasteiger partial charge is 0.251 e. The van der Waals surface area contributed by atoms with Crippen LogP contribution in [0.25, 0.3) is 0 Å². The van der Waals surface area contributed by atoms with Crippen LogP contribution in [0.15, 0.2) is 32.8 Å². The summed E-state index contributed by atoms with van der Waals surface area (Å²) in [6.45, 7) is 1.77. The van der Waals surface area contributed by atoms with Gasteiger partial charge in [-0.2, -0.15) is 0 Å². The van der Waals surface area contributed by atoms with Gasteiger partial charge in [-0.25, -0.2) is 4.98 Å². The molecule has 2 aromatic rings. The Bertz CT molecular complexity index is 605. The minimum Gasteiger partial charge on any atom is -0.361 e. The van der Waals surface area contributed by atoms with E-state index in [-0.39, 0.29) is 23.5 Å². The van der Waals surface area contributed by atoms with E-state index in [0.717, 1.165) is 0 Å². The van der Waals surface area contributed by atoms with Gasteiger partial charge in [-0.05, 0) is 6.92 Å². The fourth-order valence-electron chi connectivity index (χ4n) is 1.33. The van der Waals surface area contributed by atoms with Crippen LogP contribution in [0.2, 0.25) is 0 Å². The van der Waals surface area contributed by atoms with Gasteiger partial charge in [0, 0.05) is 18.3 Å². The number of thioether (sulfide) groups is 1. The molecule has 0 radical (unpaired) electrons. The fourth-order valence-corrected chi connectivity index (χ4v) is 2.04. The molecule has 0 saturated heterocycles. The van der Waals surface area contributed by atoms with E-state index in [1.165, 1.54) is 24.0 Å². The van der Waals surface area contributed by atoms with Crippen LogP contribution < -0.4 is 5.56 Å². The molecule has 18 heavy (non-hydrogen) atoms. The van der Waals surface area contributed by atoms with Crippen LogP contribution in [-0.4, -0.2) is 26.7 Å². The number of aryl methyl sites for hydroxylation is 1. The van der Waals surface area contributed by atoms with Crippen LogP contribution in [0, 0.1) is 6.92 Å². The number of rotatable bonds is 5. The van der Waals surface area contributed by atoms with E-state index in [0.29, 0.717) is 16.6 Å². The average molecular weight is 265 g/mol. The number of aromatic nitrogens is 3. The number of carbonyl (C=O) groups excluding carboxylic acids is 1.